The molecule has 2 heterocycles. The molecule has 0 aliphatic carbocycles. The van der Waals surface area contributed by atoms with E-state index in [4.69, 9.17) is 4.74 Å². The minimum Gasteiger partial charge on any atom is -0.439 e. The molecule has 1 atom stereocenters. The van der Waals surface area contributed by atoms with Crippen molar-refractivity contribution in [3.05, 3.63) is 66.3 Å². The summed E-state index contributed by atoms with van der Waals surface area (Å²) in [7, 11) is 0. The second-order valence-electron chi connectivity index (χ2n) is 6.35. The first-order valence-corrected chi connectivity index (χ1v) is 8.63. The molecule has 2 aromatic heterocycles. The summed E-state index contributed by atoms with van der Waals surface area (Å²) >= 11 is 0. The van der Waals surface area contributed by atoms with Crippen LogP contribution in [0.15, 0.2) is 60.8 Å². The van der Waals surface area contributed by atoms with Gasteiger partial charge in [0.25, 0.3) is 0 Å². The molecule has 0 aliphatic heterocycles. The summed E-state index contributed by atoms with van der Waals surface area (Å²) in [5.74, 6) is 1.22. The molecule has 1 unspecified atom stereocenters. The molecule has 0 fully saturated rings. The third-order valence-electron chi connectivity index (χ3n) is 3.65. The van der Waals surface area contributed by atoms with E-state index in [1.54, 1.807) is 30.7 Å². The molecule has 0 saturated heterocycles. The quantitative estimate of drug-likeness (QED) is 0.453. The molecule has 3 nitrogen and oxygen atoms in total. The maximum absolute atomic E-state index is 13.1. The van der Waals surface area contributed by atoms with E-state index in [2.05, 4.69) is 9.97 Å². The van der Waals surface area contributed by atoms with E-state index in [0.717, 1.165) is 16.7 Å². The molecule has 2 rings (SSSR count). The van der Waals surface area contributed by atoms with Crippen LogP contribution in [0.3, 0.4) is 0 Å². The number of alkyl halides is 2. The van der Waals surface area contributed by atoms with Crippen molar-refractivity contribution in [2.24, 2.45) is 5.92 Å². The van der Waals surface area contributed by atoms with Crippen LogP contribution in [-0.2, 0) is 0 Å². The van der Waals surface area contributed by atoms with Gasteiger partial charge in [-0.2, -0.15) is 0 Å². The Morgan fingerprint density at radius 1 is 1.23 bits per heavy atom. The number of pyridine rings is 2. The Hall–Kier alpha value is -2.56. The number of aromatic nitrogens is 2. The summed E-state index contributed by atoms with van der Waals surface area (Å²) in [6.45, 7) is 5.04. The van der Waals surface area contributed by atoms with Gasteiger partial charge in [0.05, 0.1) is 0 Å². The summed E-state index contributed by atoms with van der Waals surface area (Å²) in [4.78, 5) is 8.52. The maximum atomic E-state index is 13.1. The highest BCUT2D eigenvalue weighted by Crippen LogP contribution is 2.31. The van der Waals surface area contributed by atoms with E-state index in [0.29, 0.717) is 11.6 Å². The van der Waals surface area contributed by atoms with E-state index in [9.17, 15) is 8.78 Å². The van der Waals surface area contributed by atoms with Crippen molar-refractivity contribution in [1.82, 2.24) is 9.97 Å². The normalized spacial score (nSPS) is 13.4. The standard InChI is InChI=1S/C21H24F2N2O/c1-15(2)12-18(7-4-6-17(23)13-22)26-21-19(8-5-10-25-21)20-14-24-11-9-16(20)3/h4-5,7-12,14-15,17H,6,13H2,1-3H3/b7-4-,18-12+. The first kappa shape index (κ1) is 19.8. The molecular weight excluding hydrogens is 334 g/mol. The van der Waals surface area contributed by atoms with Gasteiger partial charge in [-0.25, -0.2) is 13.8 Å². The Kier molecular flexibility index (Phi) is 7.45. The van der Waals surface area contributed by atoms with E-state index in [1.165, 1.54) is 0 Å². The Labute approximate surface area is 153 Å². The second kappa shape index (κ2) is 9.80. The predicted molar refractivity (Wildman–Crippen MR) is 100 cm³/mol. The fourth-order valence-electron chi connectivity index (χ4n) is 2.38. The fourth-order valence-corrected chi connectivity index (χ4v) is 2.38. The van der Waals surface area contributed by atoms with Crippen LogP contribution in [0.2, 0.25) is 0 Å². The number of ether oxygens (including phenoxy) is 1. The number of halogens is 2. The van der Waals surface area contributed by atoms with Crippen molar-refractivity contribution >= 4 is 0 Å². The molecule has 5 heteroatoms. The molecule has 0 spiro atoms. The predicted octanol–water partition coefficient (Wildman–Crippen LogP) is 5.62. The Bertz CT molecular complexity index is 772. The molecule has 138 valence electrons. The first-order chi connectivity index (χ1) is 12.5. The third-order valence-corrected chi connectivity index (χ3v) is 3.65. The summed E-state index contributed by atoms with van der Waals surface area (Å²) in [6.07, 6.45) is 8.83. The zero-order valence-electron chi connectivity index (χ0n) is 15.3. The lowest BCUT2D eigenvalue weighted by Crippen LogP contribution is -2.02. The van der Waals surface area contributed by atoms with Crippen LogP contribution in [0, 0.1) is 12.8 Å². The minimum atomic E-state index is -1.49. The SMILES string of the molecule is Cc1ccncc1-c1cccnc1OC(/C=C\CC(F)CF)=C/C(C)C. The lowest BCUT2D eigenvalue weighted by molar-refractivity contribution is 0.263. The van der Waals surface area contributed by atoms with Crippen LogP contribution in [0.1, 0.15) is 25.8 Å². The monoisotopic (exact) mass is 358 g/mol. The highest BCUT2D eigenvalue weighted by molar-refractivity contribution is 5.70. The topological polar surface area (TPSA) is 35.0 Å². The number of rotatable bonds is 8. The molecule has 0 aliphatic rings. The highest BCUT2D eigenvalue weighted by Gasteiger charge is 2.12. The van der Waals surface area contributed by atoms with Crippen molar-refractivity contribution < 1.29 is 13.5 Å². The molecule has 0 radical (unpaired) electrons. The summed E-state index contributed by atoms with van der Waals surface area (Å²) in [5, 5.41) is 0. The molecule has 0 bridgehead atoms. The minimum absolute atomic E-state index is 0.00604. The van der Waals surface area contributed by atoms with E-state index < -0.39 is 12.8 Å². The van der Waals surface area contributed by atoms with Crippen molar-refractivity contribution in [3.8, 4) is 17.0 Å². The fraction of sp³-hybridized carbons (Fsp3) is 0.333. The van der Waals surface area contributed by atoms with Crippen LogP contribution in [-0.4, -0.2) is 22.8 Å². The van der Waals surface area contributed by atoms with Crippen LogP contribution in [0.25, 0.3) is 11.1 Å². The molecule has 0 aromatic carbocycles. The van der Waals surface area contributed by atoms with Gasteiger partial charge in [0.15, 0.2) is 0 Å². The van der Waals surface area contributed by atoms with Gasteiger partial charge >= 0.3 is 0 Å². The summed E-state index contributed by atoms with van der Waals surface area (Å²) < 4.78 is 31.4. The van der Waals surface area contributed by atoms with Crippen LogP contribution < -0.4 is 4.74 Å². The van der Waals surface area contributed by atoms with Gasteiger partial charge in [-0.1, -0.05) is 19.9 Å². The van der Waals surface area contributed by atoms with Gasteiger partial charge < -0.3 is 4.74 Å². The number of nitrogens with zero attached hydrogens (tertiary/aromatic N) is 2. The van der Waals surface area contributed by atoms with E-state index in [-0.39, 0.29) is 12.3 Å². The van der Waals surface area contributed by atoms with Gasteiger partial charge in [0, 0.05) is 29.7 Å². The van der Waals surface area contributed by atoms with Gasteiger partial charge in [-0.3, -0.25) is 4.98 Å². The van der Waals surface area contributed by atoms with E-state index >= 15 is 0 Å². The second-order valence-corrected chi connectivity index (χ2v) is 6.35. The maximum Gasteiger partial charge on any atom is 0.227 e. The van der Waals surface area contributed by atoms with E-state index in [1.807, 2.05) is 45.0 Å². The number of hydrogen-bond donors (Lipinski definition) is 0. The average molecular weight is 358 g/mol. The number of allylic oxidation sites excluding steroid dienone is 3. The van der Waals surface area contributed by atoms with Crippen molar-refractivity contribution in [2.45, 2.75) is 33.4 Å². The van der Waals surface area contributed by atoms with Crippen molar-refractivity contribution in [2.75, 3.05) is 6.67 Å². The summed E-state index contributed by atoms with van der Waals surface area (Å²) in [5.41, 5.74) is 2.82. The van der Waals surface area contributed by atoms with Crippen LogP contribution in [0.4, 0.5) is 8.78 Å². The largest absolute Gasteiger partial charge is 0.439 e. The molecule has 0 N–H and O–H groups in total. The van der Waals surface area contributed by atoms with Gasteiger partial charge in [-0.15, -0.1) is 0 Å². The number of aryl methyl sites for hydroxylation is 1. The molecule has 26 heavy (non-hydrogen) atoms. The average Bonchev–Trinajstić information content (AvgIpc) is 2.62. The van der Waals surface area contributed by atoms with Gasteiger partial charge in [0.2, 0.25) is 5.88 Å². The Morgan fingerprint density at radius 2 is 2.04 bits per heavy atom. The zero-order valence-corrected chi connectivity index (χ0v) is 15.3. The van der Waals surface area contributed by atoms with Crippen molar-refractivity contribution in [1.29, 1.82) is 0 Å². The highest BCUT2D eigenvalue weighted by atomic mass is 19.2. The van der Waals surface area contributed by atoms with Crippen LogP contribution in [0.5, 0.6) is 5.88 Å². The molecule has 0 amide bonds. The van der Waals surface area contributed by atoms with Crippen LogP contribution >= 0.6 is 0 Å². The van der Waals surface area contributed by atoms with Gasteiger partial charge in [0.1, 0.15) is 18.6 Å². The Morgan fingerprint density at radius 3 is 2.73 bits per heavy atom. The third kappa shape index (κ3) is 5.76. The summed E-state index contributed by atoms with van der Waals surface area (Å²) in [6, 6.07) is 5.68. The zero-order chi connectivity index (χ0) is 18.9. The smallest absolute Gasteiger partial charge is 0.227 e. The lowest BCUT2D eigenvalue weighted by Gasteiger charge is -2.13. The Balaban J connectivity index is 2.30. The molecular formula is C21H24F2N2O. The molecule has 0 saturated carbocycles. The van der Waals surface area contributed by atoms with Crippen molar-refractivity contribution in [3.63, 3.8) is 0 Å². The number of hydrogen-bond acceptors (Lipinski definition) is 3. The van der Waals surface area contributed by atoms with Gasteiger partial charge in [-0.05, 0) is 55.2 Å². The first-order valence-electron chi connectivity index (χ1n) is 8.63. The molecule has 2 aromatic rings. The lowest BCUT2D eigenvalue weighted by atomic mass is 10.0.